The van der Waals surface area contributed by atoms with E-state index in [1.807, 2.05) is 13.0 Å². The molecule has 0 aliphatic rings. The lowest BCUT2D eigenvalue weighted by Gasteiger charge is -2.09. The highest BCUT2D eigenvalue weighted by molar-refractivity contribution is 7.19. The smallest absolute Gasteiger partial charge is 0.221 e. The third-order valence-corrected chi connectivity index (χ3v) is 4.91. The van der Waals surface area contributed by atoms with Gasteiger partial charge in [0.25, 0.3) is 0 Å². The van der Waals surface area contributed by atoms with E-state index in [9.17, 15) is 9.18 Å². The van der Waals surface area contributed by atoms with Crippen molar-refractivity contribution in [3.63, 3.8) is 0 Å². The fourth-order valence-electron chi connectivity index (χ4n) is 2.24. The number of hydrogen-bond donors (Lipinski definition) is 1. The molecule has 1 N–H and O–H groups in total. The number of aromatic nitrogens is 1. The van der Waals surface area contributed by atoms with Crippen LogP contribution in [0.15, 0.2) is 30.3 Å². The molecule has 7 heteroatoms. The molecule has 0 fully saturated rings. The molecule has 0 saturated heterocycles. The van der Waals surface area contributed by atoms with Crippen LogP contribution in [0, 0.1) is 12.7 Å². The fraction of sp³-hybridized carbons (Fsp3) is 0.176. The summed E-state index contributed by atoms with van der Waals surface area (Å²) >= 11 is 7.26. The van der Waals surface area contributed by atoms with Gasteiger partial charge in [0.15, 0.2) is 0 Å². The molecule has 1 heterocycles. The molecule has 124 valence electrons. The molecule has 0 radical (unpaired) electrons. The largest absolute Gasteiger partial charge is 0.486 e. The minimum atomic E-state index is -0.454. The Bertz CT molecular complexity index is 926. The Labute approximate surface area is 147 Å². The Morgan fingerprint density at radius 2 is 2.17 bits per heavy atom. The van der Waals surface area contributed by atoms with Gasteiger partial charge in [-0.3, -0.25) is 4.79 Å². The van der Waals surface area contributed by atoms with E-state index in [-0.39, 0.29) is 17.5 Å². The lowest BCUT2D eigenvalue weighted by atomic mass is 10.2. The maximum absolute atomic E-state index is 13.5. The first-order valence-electron chi connectivity index (χ1n) is 7.18. The number of nitrogens with one attached hydrogen (secondary N) is 1. The number of benzene rings is 2. The molecule has 0 bridgehead atoms. The summed E-state index contributed by atoms with van der Waals surface area (Å²) in [6.07, 6.45) is 0. The lowest BCUT2D eigenvalue weighted by Crippen LogP contribution is -2.07. The molecule has 3 rings (SSSR count). The molecule has 0 atom stereocenters. The van der Waals surface area contributed by atoms with Gasteiger partial charge in [0.05, 0.1) is 15.2 Å². The van der Waals surface area contributed by atoms with Crippen molar-refractivity contribution in [2.45, 2.75) is 20.5 Å². The number of carbonyl (C=O) groups excluding carboxylic acids is 1. The number of carbonyl (C=O) groups is 1. The molecule has 1 aromatic heterocycles. The van der Waals surface area contributed by atoms with Crippen LogP contribution in [-0.4, -0.2) is 10.9 Å². The summed E-state index contributed by atoms with van der Waals surface area (Å²) in [4.78, 5) is 15.5. The first-order chi connectivity index (χ1) is 11.4. The van der Waals surface area contributed by atoms with Crippen LogP contribution >= 0.6 is 22.9 Å². The van der Waals surface area contributed by atoms with Gasteiger partial charge in [-0.25, -0.2) is 9.37 Å². The molecular weight excluding hydrogens is 351 g/mol. The summed E-state index contributed by atoms with van der Waals surface area (Å²) in [7, 11) is 0. The Morgan fingerprint density at radius 1 is 1.38 bits per heavy atom. The molecule has 0 unspecified atom stereocenters. The van der Waals surface area contributed by atoms with Gasteiger partial charge in [0.2, 0.25) is 5.91 Å². The highest BCUT2D eigenvalue weighted by atomic mass is 35.5. The zero-order valence-corrected chi connectivity index (χ0v) is 14.6. The number of rotatable bonds is 4. The standard InChI is InChI=1S/C17H14ClFN2O2S/c1-9-7-11(3-5-13(9)20-10(2)22)23-8-15-21-14-6-4-12(19)16(18)17(14)24-15/h3-7H,8H2,1-2H3,(H,20,22). The van der Waals surface area contributed by atoms with Crippen LogP contribution in [0.3, 0.4) is 0 Å². The van der Waals surface area contributed by atoms with Crippen LogP contribution in [0.4, 0.5) is 10.1 Å². The van der Waals surface area contributed by atoms with Crippen LogP contribution in [0.5, 0.6) is 5.75 Å². The predicted molar refractivity (Wildman–Crippen MR) is 94.4 cm³/mol. The quantitative estimate of drug-likeness (QED) is 0.713. The molecule has 0 aliphatic carbocycles. The second-order valence-electron chi connectivity index (χ2n) is 5.26. The second kappa shape index (κ2) is 6.75. The Balaban J connectivity index is 1.75. The van der Waals surface area contributed by atoms with E-state index >= 15 is 0 Å². The van der Waals surface area contributed by atoms with Crippen molar-refractivity contribution >= 4 is 44.7 Å². The molecular formula is C17H14ClFN2O2S. The highest BCUT2D eigenvalue weighted by Gasteiger charge is 2.11. The van der Waals surface area contributed by atoms with Crippen LogP contribution in [-0.2, 0) is 11.4 Å². The van der Waals surface area contributed by atoms with Crippen LogP contribution in [0.2, 0.25) is 5.02 Å². The zero-order chi connectivity index (χ0) is 17.3. The van der Waals surface area contributed by atoms with Crippen LogP contribution in [0.25, 0.3) is 10.2 Å². The number of halogens is 2. The maximum atomic E-state index is 13.5. The van der Waals surface area contributed by atoms with Crippen molar-refractivity contribution in [1.29, 1.82) is 0 Å². The van der Waals surface area contributed by atoms with E-state index in [0.29, 0.717) is 21.0 Å². The minimum absolute atomic E-state index is 0.0896. The van der Waals surface area contributed by atoms with Gasteiger partial charge >= 0.3 is 0 Å². The van der Waals surface area contributed by atoms with Gasteiger partial charge in [-0.1, -0.05) is 11.6 Å². The summed E-state index contributed by atoms with van der Waals surface area (Å²) in [5.74, 6) is 0.0907. The molecule has 4 nitrogen and oxygen atoms in total. The van der Waals surface area contributed by atoms with Gasteiger partial charge in [-0.2, -0.15) is 0 Å². The average molecular weight is 365 g/mol. The minimum Gasteiger partial charge on any atom is -0.486 e. The van der Waals surface area contributed by atoms with E-state index in [2.05, 4.69) is 10.3 Å². The van der Waals surface area contributed by atoms with E-state index < -0.39 is 5.82 Å². The average Bonchev–Trinajstić information content (AvgIpc) is 2.95. The van der Waals surface area contributed by atoms with E-state index in [0.717, 1.165) is 11.3 Å². The first-order valence-corrected chi connectivity index (χ1v) is 8.38. The van der Waals surface area contributed by atoms with Gasteiger partial charge < -0.3 is 10.1 Å². The number of ether oxygens (including phenoxy) is 1. The Hall–Kier alpha value is -2.18. The van der Waals surface area contributed by atoms with Crippen molar-refractivity contribution in [1.82, 2.24) is 4.98 Å². The summed E-state index contributed by atoms with van der Waals surface area (Å²) in [6, 6.07) is 8.31. The molecule has 2 aromatic carbocycles. The number of hydrogen-bond acceptors (Lipinski definition) is 4. The Morgan fingerprint density at radius 3 is 2.88 bits per heavy atom. The normalized spacial score (nSPS) is 10.8. The van der Waals surface area contributed by atoms with Crippen molar-refractivity contribution in [2.75, 3.05) is 5.32 Å². The summed E-state index contributed by atoms with van der Waals surface area (Å²) in [5, 5.41) is 3.55. The van der Waals surface area contributed by atoms with Crippen molar-refractivity contribution in [2.24, 2.45) is 0 Å². The Kier molecular flexibility index (Phi) is 4.69. The number of amides is 1. The third-order valence-electron chi connectivity index (χ3n) is 3.37. The number of aryl methyl sites for hydroxylation is 1. The summed E-state index contributed by atoms with van der Waals surface area (Å²) in [6.45, 7) is 3.61. The van der Waals surface area contributed by atoms with E-state index in [4.69, 9.17) is 16.3 Å². The summed E-state index contributed by atoms with van der Waals surface area (Å²) in [5.41, 5.74) is 2.30. The second-order valence-corrected chi connectivity index (χ2v) is 6.73. The number of thiazole rings is 1. The third kappa shape index (κ3) is 3.49. The molecule has 1 amide bonds. The van der Waals surface area contributed by atoms with Gasteiger partial charge in [-0.05, 0) is 42.8 Å². The zero-order valence-electron chi connectivity index (χ0n) is 13.0. The SMILES string of the molecule is CC(=O)Nc1ccc(OCc2nc3ccc(F)c(Cl)c3s2)cc1C. The maximum Gasteiger partial charge on any atom is 0.221 e. The first kappa shape index (κ1) is 16.7. The highest BCUT2D eigenvalue weighted by Crippen LogP contribution is 2.32. The predicted octanol–water partition coefficient (Wildman–Crippen LogP) is 4.93. The lowest BCUT2D eigenvalue weighted by molar-refractivity contribution is -0.114. The van der Waals surface area contributed by atoms with Gasteiger partial charge in [0, 0.05) is 12.6 Å². The number of anilines is 1. The van der Waals surface area contributed by atoms with Gasteiger partial charge in [0.1, 0.15) is 23.2 Å². The number of nitrogens with zero attached hydrogens (tertiary/aromatic N) is 1. The van der Waals surface area contributed by atoms with Crippen molar-refractivity contribution < 1.29 is 13.9 Å². The fourth-order valence-corrected chi connectivity index (χ4v) is 3.42. The number of fused-ring (bicyclic) bond motifs is 1. The molecule has 24 heavy (non-hydrogen) atoms. The van der Waals surface area contributed by atoms with Crippen LogP contribution < -0.4 is 10.1 Å². The monoisotopic (exact) mass is 364 g/mol. The molecule has 0 saturated carbocycles. The summed E-state index contributed by atoms with van der Waals surface area (Å²) < 4.78 is 19.8. The molecule has 0 aliphatic heterocycles. The van der Waals surface area contributed by atoms with Crippen LogP contribution in [0.1, 0.15) is 17.5 Å². The molecule has 0 spiro atoms. The van der Waals surface area contributed by atoms with E-state index in [1.165, 1.54) is 24.3 Å². The van der Waals surface area contributed by atoms with E-state index in [1.54, 1.807) is 18.2 Å². The van der Waals surface area contributed by atoms with Gasteiger partial charge in [-0.15, -0.1) is 11.3 Å². The molecule has 3 aromatic rings. The van der Waals surface area contributed by atoms with Crippen molar-refractivity contribution in [3.8, 4) is 5.75 Å². The van der Waals surface area contributed by atoms with Crippen molar-refractivity contribution in [3.05, 3.63) is 51.7 Å². The topological polar surface area (TPSA) is 51.2 Å².